The zero-order chi connectivity index (χ0) is 16.2. The van der Waals surface area contributed by atoms with E-state index < -0.39 is 12.6 Å². The van der Waals surface area contributed by atoms with E-state index in [1.807, 2.05) is 53.1 Å². The minimum atomic E-state index is -1.03. The zero-order valence-corrected chi connectivity index (χ0v) is 12.6. The molecule has 3 rings (SSSR count). The van der Waals surface area contributed by atoms with E-state index in [0.717, 1.165) is 22.3 Å². The van der Waals surface area contributed by atoms with Gasteiger partial charge in [-0.15, -0.1) is 0 Å². The van der Waals surface area contributed by atoms with E-state index in [-0.39, 0.29) is 0 Å². The second-order valence-corrected chi connectivity index (χ2v) is 5.00. The SMILES string of the molecule is COc1ccc(Cn2c(OCC(=O)O)nc3ccccc32)cc1. The molecular formula is C17H16N2O4. The summed E-state index contributed by atoms with van der Waals surface area (Å²) in [5, 5.41) is 8.81. The molecule has 1 N–H and O–H groups in total. The van der Waals surface area contributed by atoms with Crippen molar-refractivity contribution in [2.75, 3.05) is 13.7 Å². The van der Waals surface area contributed by atoms with E-state index in [2.05, 4.69) is 4.98 Å². The van der Waals surface area contributed by atoms with Crippen LogP contribution in [0, 0.1) is 0 Å². The van der Waals surface area contributed by atoms with Gasteiger partial charge in [0.2, 0.25) is 0 Å². The van der Waals surface area contributed by atoms with Crippen molar-refractivity contribution >= 4 is 17.0 Å². The molecule has 0 radical (unpaired) electrons. The largest absolute Gasteiger partial charge is 0.497 e. The first-order valence-electron chi connectivity index (χ1n) is 7.10. The molecule has 1 heterocycles. The van der Waals surface area contributed by atoms with Crippen LogP contribution in [0.15, 0.2) is 48.5 Å². The number of nitrogens with zero attached hydrogens (tertiary/aromatic N) is 2. The molecule has 0 amide bonds. The molecule has 0 saturated carbocycles. The third kappa shape index (κ3) is 3.26. The number of carboxylic acids is 1. The van der Waals surface area contributed by atoms with E-state index in [9.17, 15) is 4.79 Å². The fraction of sp³-hybridized carbons (Fsp3) is 0.176. The van der Waals surface area contributed by atoms with Gasteiger partial charge in [-0.25, -0.2) is 4.79 Å². The third-order valence-corrected chi connectivity index (χ3v) is 3.44. The van der Waals surface area contributed by atoms with Gasteiger partial charge in [0.25, 0.3) is 6.01 Å². The number of methoxy groups -OCH3 is 1. The quantitative estimate of drug-likeness (QED) is 0.757. The molecule has 118 valence electrons. The molecule has 0 aliphatic carbocycles. The molecule has 0 bridgehead atoms. The lowest BCUT2D eigenvalue weighted by molar-refractivity contribution is -0.139. The molecule has 0 aliphatic rings. The van der Waals surface area contributed by atoms with Crippen LogP contribution in [0.2, 0.25) is 0 Å². The summed E-state index contributed by atoms with van der Waals surface area (Å²) in [7, 11) is 1.62. The number of hydrogen-bond donors (Lipinski definition) is 1. The van der Waals surface area contributed by atoms with Crippen LogP contribution in [0.3, 0.4) is 0 Å². The van der Waals surface area contributed by atoms with Gasteiger partial charge in [-0.05, 0) is 29.8 Å². The average Bonchev–Trinajstić information content (AvgIpc) is 2.91. The van der Waals surface area contributed by atoms with Crippen molar-refractivity contribution in [1.29, 1.82) is 0 Å². The number of aliphatic carboxylic acids is 1. The molecule has 0 atom stereocenters. The van der Waals surface area contributed by atoms with Crippen LogP contribution in [0.4, 0.5) is 0 Å². The van der Waals surface area contributed by atoms with Gasteiger partial charge in [0.1, 0.15) is 5.75 Å². The lowest BCUT2D eigenvalue weighted by Gasteiger charge is -2.09. The van der Waals surface area contributed by atoms with E-state index in [1.165, 1.54) is 0 Å². The predicted molar refractivity (Wildman–Crippen MR) is 85.0 cm³/mol. The molecule has 3 aromatic rings. The van der Waals surface area contributed by atoms with Gasteiger partial charge in [-0.2, -0.15) is 4.98 Å². The number of fused-ring (bicyclic) bond motifs is 1. The first kappa shape index (κ1) is 14.9. The normalized spacial score (nSPS) is 10.7. The molecule has 0 unspecified atom stereocenters. The molecule has 1 aromatic heterocycles. The first-order valence-corrected chi connectivity index (χ1v) is 7.10. The fourth-order valence-electron chi connectivity index (χ4n) is 2.36. The topological polar surface area (TPSA) is 73.6 Å². The number of carbonyl (C=O) groups is 1. The van der Waals surface area contributed by atoms with E-state index in [1.54, 1.807) is 7.11 Å². The predicted octanol–water partition coefficient (Wildman–Crippen LogP) is 2.56. The second-order valence-electron chi connectivity index (χ2n) is 5.00. The monoisotopic (exact) mass is 312 g/mol. The van der Waals surface area contributed by atoms with E-state index >= 15 is 0 Å². The number of benzene rings is 2. The van der Waals surface area contributed by atoms with E-state index in [4.69, 9.17) is 14.6 Å². The van der Waals surface area contributed by atoms with Gasteiger partial charge >= 0.3 is 5.97 Å². The van der Waals surface area contributed by atoms with Gasteiger partial charge in [0, 0.05) is 0 Å². The summed E-state index contributed by atoms with van der Waals surface area (Å²) in [6.45, 7) is 0.103. The summed E-state index contributed by atoms with van der Waals surface area (Å²) >= 11 is 0. The molecule has 6 heteroatoms. The second kappa shape index (κ2) is 6.39. The highest BCUT2D eigenvalue weighted by atomic mass is 16.5. The molecule has 6 nitrogen and oxygen atoms in total. The van der Waals surface area contributed by atoms with Crippen LogP contribution >= 0.6 is 0 Å². The van der Waals surface area contributed by atoms with Gasteiger partial charge < -0.3 is 14.6 Å². The molecule has 0 aliphatic heterocycles. The van der Waals surface area contributed by atoms with Crippen LogP contribution in [0.25, 0.3) is 11.0 Å². The van der Waals surface area contributed by atoms with Crippen LogP contribution in [0.5, 0.6) is 11.8 Å². The molecule has 23 heavy (non-hydrogen) atoms. The maximum Gasteiger partial charge on any atom is 0.341 e. The van der Waals surface area contributed by atoms with Gasteiger partial charge in [0.05, 0.1) is 24.7 Å². The highest BCUT2D eigenvalue weighted by molar-refractivity contribution is 5.77. The summed E-state index contributed by atoms with van der Waals surface area (Å²) in [5.74, 6) is -0.250. The van der Waals surface area contributed by atoms with Gasteiger partial charge in [0.15, 0.2) is 6.61 Å². The Morgan fingerprint density at radius 2 is 1.91 bits per heavy atom. The molecular weight excluding hydrogens is 296 g/mol. The Morgan fingerprint density at radius 3 is 2.61 bits per heavy atom. The zero-order valence-electron chi connectivity index (χ0n) is 12.6. The molecule has 0 fully saturated rings. The Morgan fingerprint density at radius 1 is 1.17 bits per heavy atom. The molecule has 0 spiro atoms. The van der Waals surface area contributed by atoms with Crippen LogP contribution < -0.4 is 9.47 Å². The van der Waals surface area contributed by atoms with Crippen LogP contribution in [0.1, 0.15) is 5.56 Å². The Kier molecular flexibility index (Phi) is 4.14. The average molecular weight is 312 g/mol. The van der Waals surface area contributed by atoms with Crippen molar-refractivity contribution in [1.82, 2.24) is 9.55 Å². The Balaban J connectivity index is 1.95. The highest BCUT2D eigenvalue weighted by Crippen LogP contribution is 2.23. The maximum absolute atomic E-state index is 10.8. The summed E-state index contributed by atoms with van der Waals surface area (Å²) in [6.07, 6.45) is 0. The van der Waals surface area contributed by atoms with Crippen molar-refractivity contribution in [3.8, 4) is 11.8 Å². The van der Waals surface area contributed by atoms with Crippen LogP contribution in [-0.4, -0.2) is 34.3 Å². The van der Waals surface area contributed by atoms with Gasteiger partial charge in [-0.1, -0.05) is 24.3 Å². The lowest BCUT2D eigenvalue weighted by Crippen LogP contribution is -2.13. The third-order valence-electron chi connectivity index (χ3n) is 3.44. The minimum absolute atomic E-state index is 0.296. The number of carboxylic acid groups (broad SMARTS) is 1. The van der Waals surface area contributed by atoms with Crippen molar-refractivity contribution in [2.45, 2.75) is 6.54 Å². The lowest BCUT2D eigenvalue weighted by atomic mass is 10.2. The minimum Gasteiger partial charge on any atom is -0.497 e. The van der Waals surface area contributed by atoms with Crippen molar-refractivity contribution in [3.63, 3.8) is 0 Å². The summed E-state index contributed by atoms with van der Waals surface area (Å²) in [6, 6.07) is 15.6. The van der Waals surface area contributed by atoms with Crippen molar-refractivity contribution in [2.24, 2.45) is 0 Å². The summed E-state index contributed by atoms with van der Waals surface area (Å²) in [5.41, 5.74) is 2.69. The van der Waals surface area contributed by atoms with Crippen molar-refractivity contribution in [3.05, 3.63) is 54.1 Å². The highest BCUT2D eigenvalue weighted by Gasteiger charge is 2.13. The summed E-state index contributed by atoms with van der Waals surface area (Å²) < 4.78 is 12.3. The fourth-order valence-corrected chi connectivity index (χ4v) is 2.36. The number of hydrogen-bond acceptors (Lipinski definition) is 4. The Bertz CT molecular complexity index is 824. The Hall–Kier alpha value is -3.02. The maximum atomic E-state index is 10.8. The number of para-hydroxylation sites is 2. The Labute approximate surface area is 132 Å². The first-order chi connectivity index (χ1) is 11.2. The molecule has 0 saturated heterocycles. The van der Waals surface area contributed by atoms with Gasteiger partial charge in [-0.3, -0.25) is 4.57 Å². The standard InChI is InChI=1S/C17H16N2O4/c1-22-13-8-6-12(7-9-13)10-19-15-5-3-2-4-14(15)18-17(19)23-11-16(20)21/h2-9H,10-11H2,1H3,(H,20,21). The summed E-state index contributed by atoms with van der Waals surface area (Å²) in [4.78, 5) is 15.1. The number of aromatic nitrogens is 2. The van der Waals surface area contributed by atoms with E-state index in [0.29, 0.717) is 12.6 Å². The molecule has 2 aromatic carbocycles. The van der Waals surface area contributed by atoms with Crippen LogP contribution in [-0.2, 0) is 11.3 Å². The van der Waals surface area contributed by atoms with Crippen molar-refractivity contribution < 1.29 is 19.4 Å². The number of ether oxygens (including phenoxy) is 2. The smallest absolute Gasteiger partial charge is 0.341 e. The number of rotatable bonds is 6. The number of imidazole rings is 1.